The summed E-state index contributed by atoms with van der Waals surface area (Å²) in [4.78, 5) is 26.8. The molecule has 0 bridgehead atoms. The third-order valence-electron chi connectivity index (χ3n) is 7.96. The number of benzene rings is 3. The lowest BCUT2D eigenvalue weighted by Crippen LogP contribution is -2.29. The average Bonchev–Trinajstić information content (AvgIpc) is 3.94. The lowest BCUT2D eigenvalue weighted by Gasteiger charge is -2.24. The van der Waals surface area contributed by atoms with E-state index in [1.807, 2.05) is 73.7 Å². The Morgan fingerprint density at radius 1 is 0.920 bits per heavy atom. The number of rotatable bonds is 14. The van der Waals surface area contributed by atoms with E-state index < -0.39 is 6.04 Å². The fourth-order valence-corrected chi connectivity index (χ4v) is 6.41. The molecule has 0 fully saturated rings. The van der Waals surface area contributed by atoms with Gasteiger partial charge in [-0.25, -0.2) is 5.01 Å². The third-order valence-corrected chi connectivity index (χ3v) is 8.88. The number of carbonyl (C=O) groups excluding carboxylic acids is 2. The molecule has 0 radical (unpaired) electrons. The van der Waals surface area contributed by atoms with Crippen molar-refractivity contribution in [1.82, 2.24) is 25.1 Å². The molecule has 14 heteroatoms. The molecule has 258 valence electrons. The average molecular weight is 697 g/mol. The predicted molar refractivity (Wildman–Crippen MR) is 186 cm³/mol. The maximum Gasteiger partial charge on any atom is 0.287 e. The molecular formula is C36H36N6O7S. The Kier molecular flexibility index (Phi) is 10.7. The van der Waals surface area contributed by atoms with E-state index in [1.165, 1.54) is 23.0 Å². The fraction of sp³-hybridized carbons (Fsp3) is 0.250. The number of carbonyl (C=O) groups is 2. The van der Waals surface area contributed by atoms with Gasteiger partial charge in [-0.05, 0) is 79.2 Å². The first-order valence-corrected chi connectivity index (χ1v) is 16.8. The van der Waals surface area contributed by atoms with Crippen LogP contribution in [0.25, 0.3) is 5.69 Å². The Bertz CT molecular complexity index is 1960. The van der Waals surface area contributed by atoms with Gasteiger partial charge in [0.05, 0.1) is 58.3 Å². The Labute approximate surface area is 293 Å². The minimum absolute atomic E-state index is 0.00388. The number of aromatic nitrogens is 3. The SMILES string of the molecule is CCOc1ccc(-n2c(CNC(=O)c3ccco3)nnc2SCC(=O)N2N=C(c3ccc(OC)cc3)CC2c2cccc(OC)c2OC)cc1. The molecule has 6 rings (SSSR count). The maximum absolute atomic E-state index is 14.1. The monoisotopic (exact) mass is 696 g/mol. The molecule has 1 atom stereocenters. The molecule has 0 spiro atoms. The number of ether oxygens (including phenoxy) is 4. The van der Waals surface area contributed by atoms with Crippen molar-refractivity contribution in [3.63, 3.8) is 0 Å². The summed E-state index contributed by atoms with van der Waals surface area (Å²) in [6, 6.07) is 23.4. The molecule has 1 N–H and O–H groups in total. The normalized spacial score (nSPS) is 13.9. The highest BCUT2D eigenvalue weighted by atomic mass is 32.2. The summed E-state index contributed by atoms with van der Waals surface area (Å²) in [5.41, 5.74) is 3.12. The molecule has 2 amide bonds. The van der Waals surface area contributed by atoms with Gasteiger partial charge in [-0.15, -0.1) is 10.2 Å². The van der Waals surface area contributed by atoms with Gasteiger partial charge in [0.15, 0.2) is 28.2 Å². The largest absolute Gasteiger partial charge is 0.497 e. The summed E-state index contributed by atoms with van der Waals surface area (Å²) < 4.78 is 29.3. The molecule has 1 aliphatic rings. The van der Waals surface area contributed by atoms with E-state index in [1.54, 1.807) is 38.0 Å². The van der Waals surface area contributed by atoms with Gasteiger partial charge in [-0.2, -0.15) is 5.10 Å². The Hall–Kier alpha value is -5.76. The second-order valence-corrected chi connectivity index (χ2v) is 11.9. The number of hydrogen-bond acceptors (Lipinski definition) is 11. The number of hydrogen-bond donors (Lipinski definition) is 1. The van der Waals surface area contributed by atoms with Gasteiger partial charge in [0, 0.05) is 17.7 Å². The first kappa shape index (κ1) is 34.1. The molecule has 1 unspecified atom stereocenters. The van der Waals surface area contributed by atoms with E-state index in [4.69, 9.17) is 28.5 Å². The van der Waals surface area contributed by atoms with Crippen LogP contribution in [-0.4, -0.2) is 71.0 Å². The van der Waals surface area contributed by atoms with E-state index in [0.717, 1.165) is 28.3 Å². The van der Waals surface area contributed by atoms with Crippen LogP contribution in [0.1, 0.15) is 46.9 Å². The van der Waals surface area contributed by atoms with E-state index in [2.05, 4.69) is 15.5 Å². The van der Waals surface area contributed by atoms with Gasteiger partial charge in [0.2, 0.25) is 0 Å². The van der Waals surface area contributed by atoms with Crippen LogP contribution in [0.5, 0.6) is 23.0 Å². The van der Waals surface area contributed by atoms with Crippen molar-refractivity contribution in [1.29, 1.82) is 0 Å². The van der Waals surface area contributed by atoms with Crippen molar-refractivity contribution in [3.8, 4) is 28.7 Å². The van der Waals surface area contributed by atoms with Crippen LogP contribution in [0.4, 0.5) is 0 Å². The summed E-state index contributed by atoms with van der Waals surface area (Å²) in [6.07, 6.45) is 1.89. The number of hydrazone groups is 1. The molecule has 0 aliphatic carbocycles. The van der Waals surface area contributed by atoms with Crippen LogP contribution in [0.15, 0.2) is 99.8 Å². The number of methoxy groups -OCH3 is 3. The number of nitrogens with zero attached hydrogens (tertiary/aromatic N) is 5. The third kappa shape index (κ3) is 7.29. The van der Waals surface area contributed by atoms with Crippen molar-refractivity contribution >= 4 is 29.3 Å². The van der Waals surface area contributed by atoms with Crippen LogP contribution < -0.4 is 24.3 Å². The summed E-state index contributed by atoms with van der Waals surface area (Å²) in [6.45, 7) is 2.51. The van der Waals surface area contributed by atoms with E-state index >= 15 is 0 Å². The minimum atomic E-state index is -0.457. The van der Waals surface area contributed by atoms with Crippen molar-refractivity contribution in [3.05, 3.63) is 108 Å². The second-order valence-electron chi connectivity index (χ2n) is 10.9. The lowest BCUT2D eigenvalue weighted by atomic mass is 9.97. The smallest absolute Gasteiger partial charge is 0.287 e. The zero-order valence-electron chi connectivity index (χ0n) is 28.0. The second kappa shape index (κ2) is 15.6. The number of furan rings is 1. The van der Waals surface area contributed by atoms with Gasteiger partial charge in [0.1, 0.15) is 11.5 Å². The number of amides is 2. The maximum atomic E-state index is 14.1. The van der Waals surface area contributed by atoms with Gasteiger partial charge in [-0.1, -0.05) is 23.9 Å². The molecule has 13 nitrogen and oxygen atoms in total. The minimum Gasteiger partial charge on any atom is -0.497 e. The van der Waals surface area contributed by atoms with Crippen molar-refractivity contribution in [2.45, 2.75) is 31.1 Å². The highest BCUT2D eigenvalue weighted by Gasteiger charge is 2.36. The molecule has 0 saturated heterocycles. The van der Waals surface area contributed by atoms with Crippen molar-refractivity contribution in [2.75, 3.05) is 33.7 Å². The Balaban J connectivity index is 1.29. The summed E-state index contributed by atoms with van der Waals surface area (Å²) in [7, 11) is 4.76. The van der Waals surface area contributed by atoms with Crippen molar-refractivity contribution in [2.24, 2.45) is 5.10 Å². The molecule has 2 aromatic heterocycles. The van der Waals surface area contributed by atoms with Crippen molar-refractivity contribution < 1.29 is 33.0 Å². The van der Waals surface area contributed by atoms with Crippen LogP contribution in [0.2, 0.25) is 0 Å². The van der Waals surface area contributed by atoms with E-state index in [9.17, 15) is 9.59 Å². The molecule has 3 aromatic carbocycles. The molecule has 1 aliphatic heterocycles. The zero-order chi connectivity index (χ0) is 35.0. The first-order chi connectivity index (χ1) is 24.4. The molecule has 5 aromatic rings. The van der Waals surface area contributed by atoms with Gasteiger partial charge in [-0.3, -0.25) is 14.2 Å². The molecule has 50 heavy (non-hydrogen) atoms. The van der Waals surface area contributed by atoms with Gasteiger partial charge < -0.3 is 28.7 Å². The van der Waals surface area contributed by atoms with Gasteiger partial charge in [0.25, 0.3) is 11.8 Å². The van der Waals surface area contributed by atoms with E-state index in [-0.39, 0.29) is 29.9 Å². The van der Waals surface area contributed by atoms with Gasteiger partial charge >= 0.3 is 0 Å². The molecule has 3 heterocycles. The fourth-order valence-electron chi connectivity index (χ4n) is 5.59. The highest BCUT2D eigenvalue weighted by Crippen LogP contribution is 2.42. The summed E-state index contributed by atoms with van der Waals surface area (Å²) in [5.74, 6) is 2.52. The molecule has 0 saturated carbocycles. The topological polar surface area (TPSA) is 143 Å². The number of para-hydroxylation sites is 1. The lowest BCUT2D eigenvalue weighted by molar-refractivity contribution is -0.130. The number of nitrogens with one attached hydrogen (secondary N) is 1. The Morgan fingerprint density at radius 3 is 2.38 bits per heavy atom. The highest BCUT2D eigenvalue weighted by molar-refractivity contribution is 7.99. The number of thioether (sulfide) groups is 1. The molecular weight excluding hydrogens is 660 g/mol. The van der Waals surface area contributed by atoms with Crippen LogP contribution in [0, 0.1) is 0 Å². The van der Waals surface area contributed by atoms with Crippen LogP contribution >= 0.6 is 11.8 Å². The van der Waals surface area contributed by atoms with Crippen LogP contribution in [-0.2, 0) is 11.3 Å². The standard InChI is InChI=1S/C36H36N6O7S/c1-5-48-26-17-13-24(14-18-26)41-32(21-37-35(44)31-10-7-19-49-31)38-39-36(41)50-22-33(43)42-29(27-8-6-9-30(46-3)34(27)47-4)20-28(40-42)23-11-15-25(45-2)16-12-23/h6-19,29H,5,20-22H2,1-4H3,(H,37,44). The van der Waals surface area contributed by atoms with Crippen LogP contribution in [0.3, 0.4) is 0 Å². The van der Waals surface area contributed by atoms with E-state index in [0.29, 0.717) is 41.3 Å². The first-order valence-electron chi connectivity index (χ1n) is 15.8. The Morgan fingerprint density at radius 2 is 1.70 bits per heavy atom. The quantitative estimate of drug-likeness (QED) is 0.144. The predicted octanol–water partition coefficient (Wildman–Crippen LogP) is 5.68. The summed E-state index contributed by atoms with van der Waals surface area (Å²) in [5, 5.41) is 18.4. The zero-order valence-corrected chi connectivity index (χ0v) is 28.8. The summed E-state index contributed by atoms with van der Waals surface area (Å²) >= 11 is 1.21.